The summed E-state index contributed by atoms with van der Waals surface area (Å²) in [7, 11) is 0. The van der Waals surface area contributed by atoms with Crippen LogP contribution in [0.25, 0.3) is 0 Å². The Bertz CT molecular complexity index is 213. The summed E-state index contributed by atoms with van der Waals surface area (Å²) in [6.07, 6.45) is 1.71. The molecule has 1 fully saturated rings. The Morgan fingerprint density at radius 2 is 2.14 bits per heavy atom. The molecule has 0 saturated carbocycles. The van der Waals surface area contributed by atoms with E-state index in [0.717, 1.165) is 19.4 Å². The molecule has 4 heteroatoms. The van der Waals surface area contributed by atoms with Gasteiger partial charge in [0.1, 0.15) is 5.60 Å². The van der Waals surface area contributed by atoms with Crippen molar-refractivity contribution >= 4 is 17.7 Å². The summed E-state index contributed by atoms with van der Waals surface area (Å²) in [5, 5.41) is 0.0799. The van der Waals surface area contributed by atoms with Crippen molar-refractivity contribution in [3.05, 3.63) is 0 Å². The van der Waals surface area contributed by atoms with Gasteiger partial charge >= 0.3 is 6.09 Å². The molecule has 1 aliphatic rings. The number of likely N-dealkylation sites (tertiary alicyclic amines) is 1. The molecule has 0 unspecified atom stereocenters. The molecular weight excluding hydrogens is 202 g/mol. The van der Waals surface area contributed by atoms with Gasteiger partial charge in [0.05, 0.1) is 5.38 Å². The highest BCUT2D eigenvalue weighted by Gasteiger charge is 2.26. The first-order chi connectivity index (χ1) is 6.38. The van der Waals surface area contributed by atoms with Crippen LogP contribution in [0.3, 0.4) is 0 Å². The van der Waals surface area contributed by atoms with Crippen molar-refractivity contribution in [3.8, 4) is 0 Å². The zero-order valence-corrected chi connectivity index (χ0v) is 9.80. The van der Waals surface area contributed by atoms with E-state index in [4.69, 9.17) is 16.3 Å². The summed E-state index contributed by atoms with van der Waals surface area (Å²) in [6.45, 7) is 6.97. The Balaban J connectivity index is 2.44. The van der Waals surface area contributed by atoms with Crippen LogP contribution < -0.4 is 0 Å². The summed E-state index contributed by atoms with van der Waals surface area (Å²) in [5.41, 5.74) is -0.420. The number of amides is 1. The first kappa shape index (κ1) is 11.6. The van der Waals surface area contributed by atoms with E-state index >= 15 is 0 Å². The van der Waals surface area contributed by atoms with Crippen molar-refractivity contribution in [1.29, 1.82) is 0 Å². The largest absolute Gasteiger partial charge is 0.444 e. The third kappa shape index (κ3) is 3.74. The molecule has 1 heterocycles. The van der Waals surface area contributed by atoms with E-state index in [0.29, 0.717) is 6.54 Å². The summed E-state index contributed by atoms with van der Waals surface area (Å²) >= 11 is 5.98. The highest BCUT2D eigenvalue weighted by molar-refractivity contribution is 6.20. The van der Waals surface area contributed by atoms with Gasteiger partial charge in [0.25, 0.3) is 0 Å². The average Bonchev–Trinajstić information content (AvgIpc) is 2.01. The minimum Gasteiger partial charge on any atom is -0.444 e. The molecule has 0 aliphatic carbocycles. The number of ether oxygens (including phenoxy) is 1. The standard InChI is InChI=1S/C10H18ClNO2/c1-10(2,3)14-9(13)12-6-4-5-8(11)7-12/h8H,4-7H2,1-3H3/t8-/m1/s1. The molecule has 1 rings (SSSR count). The van der Waals surface area contributed by atoms with Crippen LogP contribution >= 0.6 is 11.6 Å². The SMILES string of the molecule is CC(C)(C)OC(=O)N1CCC[C@@H](Cl)C1. The molecule has 0 spiro atoms. The van der Waals surface area contributed by atoms with Gasteiger partial charge in [0, 0.05) is 13.1 Å². The van der Waals surface area contributed by atoms with E-state index in [1.165, 1.54) is 0 Å². The lowest BCUT2D eigenvalue weighted by atomic mass is 10.1. The van der Waals surface area contributed by atoms with Gasteiger partial charge in [-0.3, -0.25) is 0 Å². The van der Waals surface area contributed by atoms with Gasteiger partial charge in [-0.15, -0.1) is 11.6 Å². The highest BCUT2D eigenvalue weighted by Crippen LogP contribution is 2.17. The molecule has 0 radical (unpaired) electrons. The molecule has 0 aromatic carbocycles. The lowest BCUT2D eigenvalue weighted by Gasteiger charge is -2.31. The normalized spacial score (nSPS) is 23.4. The topological polar surface area (TPSA) is 29.5 Å². The minimum atomic E-state index is -0.420. The van der Waals surface area contributed by atoms with Crippen LogP contribution in [0.1, 0.15) is 33.6 Å². The molecule has 1 aliphatic heterocycles. The number of hydrogen-bond acceptors (Lipinski definition) is 2. The predicted octanol–water partition coefficient (Wildman–Crippen LogP) is 2.62. The molecule has 0 N–H and O–H groups in total. The smallest absolute Gasteiger partial charge is 0.410 e. The Hall–Kier alpha value is -0.440. The maximum atomic E-state index is 11.6. The van der Waals surface area contributed by atoms with Gasteiger partial charge in [0.15, 0.2) is 0 Å². The first-order valence-electron chi connectivity index (χ1n) is 5.00. The Morgan fingerprint density at radius 1 is 1.50 bits per heavy atom. The van der Waals surface area contributed by atoms with Crippen LogP contribution in [0.2, 0.25) is 0 Å². The number of nitrogens with zero attached hydrogens (tertiary/aromatic N) is 1. The number of hydrogen-bond donors (Lipinski definition) is 0. The lowest BCUT2D eigenvalue weighted by molar-refractivity contribution is 0.0219. The molecular formula is C10H18ClNO2. The van der Waals surface area contributed by atoms with E-state index in [2.05, 4.69) is 0 Å². The van der Waals surface area contributed by atoms with Gasteiger partial charge in [0.2, 0.25) is 0 Å². The van der Waals surface area contributed by atoms with Crippen molar-refractivity contribution in [2.45, 2.75) is 44.6 Å². The third-order valence-electron chi connectivity index (χ3n) is 2.02. The van der Waals surface area contributed by atoms with Crippen molar-refractivity contribution < 1.29 is 9.53 Å². The van der Waals surface area contributed by atoms with Crippen LogP contribution in [0.15, 0.2) is 0 Å². The summed E-state index contributed by atoms with van der Waals surface area (Å²) in [5.74, 6) is 0. The zero-order valence-electron chi connectivity index (χ0n) is 9.05. The van der Waals surface area contributed by atoms with E-state index < -0.39 is 5.60 Å². The minimum absolute atomic E-state index is 0.0799. The number of rotatable bonds is 0. The van der Waals surface area contributed by atoms with Crippen molar-refractivity contribution in [1.82, 2.24) is 4.90 Å². The van der Waals surface area contributed by atoms with Crippen LogP contribution in [-0.4, -0.2) is 35.1 Å². The maximum absolute atomic E-state index is 11.6. The van der Waals surface area contributed by atoms with Gasteiger partial charge < -0.3 is 9.64 Å². The van der Waals surface area contributed by atoms with Crippen molar-refractivity contribution in [2.24, 2.45) is 0 Å². The molecule has 0 aromatic rings. The lowest BCUT2D eigenvalue weighted by Crippen LogP contribution is -2.43. The second-order valence-electron chi connectivity index (χ2n) is 4.67. The average molecular weight is 220 g/mol. The second kappa shape index (κ2) is 4.39. The van der Waals surface area contributed by atoms with E-state index in [1.807, 2.05) is 20.8 Å². The molecule has 0 bridgehead atoms. The fraction of sp³-hybridized carbons (Fsp3) is 0.900. The quantitative estimate of drug-likeness (QED) is 0.587. The number of carbonyl (C=O) groups is 1. The van der Waals surface area contributed by atoms with Gasteiger partial charge in [-0.25, -0.2) is 4.79 Å². The van der Waals surface area contributed by atoms with E-state index in [-0.39, 0.29) is 11.5 Å². The van der Waals surface area contributed by atoms with Gasteiger partial charge in [-0.05, 0) is 33.6 Å². The molecule has 1 atom stereocenters. The molecule has 0 aromatic heterocycles. The van der Waals surface area contributed by atoms with Crippen molar-refractivity contribution in [2.75, 3.05) is 13.1 Å². The van der Waals surface area contributed by atoms with Crippen molar-refractivity contribution in [3.63, 3.8) is 0 Å². The summed E-state index contributed by atoms with van der Waals surface area (Å²) < 4.78 is 5.25. The molecule has 14 heavy (non-hydrogen) atoms. The monoisotopic (exact) mass is 219 g/mol. The van der Waals surface area contributed by atoms with Gasteiger partial charge in [-0.2, -0.15) is 0 Å². The Kier molecular flexibility index (Phi) is 3.65. The first-order valence-corrected chi connectivity index (χ1v) is 5.44. The molecule has 3 nitrogen and oxygen atoms in total. The van der Waals surface area contributed by atoms with Gasteiger partial charge in [-0.1, -0.05) is 0 Å². The van der Waals surface area contributed by atoms with Crippen LogP contribution in [0.4, 0.5) is 4.79 Å². The fourth-order valence-electron chi connectivity index (χ4n) is 1.42. The number of halogens is 1. The number of carbonyl (C=O) groups excluding carboxylic acids is 1. The summed E-state index contributed by atoms with van der Waals surface area (Å²) in [4.78, 5) is 13.3. The summed E-state index contributed by atoms with van der Waals surface area (Å²) in [6, 6.07) is 0. The third-order valence-corrected chi connectivity index (χ3v) is 2.37. The molecule has 1 amide bonds. The van der Waals surface area contributed by atoms with Crippen LogP contribution in [0.5, 0.6) is 0 Å². The zero-order chi connectivity index (χ0) is 10.8. The maximum Gasteiger partial charge on any atom is 0.410 e. The Labute approximate surface area is 90.4 Å². The second-order valence-corrected chi connectivity index (χ2v) is 5.28. The van der Waals surface area contributed by atoms with E-state index in [1.54, 1.807) is 4.90 Å². The van der Waals surface area contributed by atoms with Crippen LogP contribution in [-0.2, 0) is 4.74 Å². The predicted molar refractivity (Wildman–Crippen MR) is 56.7 cm³/mol. The molecule has 82 valence electrons. The number of piperidine rings is 1. The number of alkyl halides is 1. The van der Waals surface area contributed by atoms with E-state index in [9.17, 15) is 4.79 Å². The fourth-order valence-corrected chi connectivity index (χ4v) is 1.74. The Morgan fingerprint density at radius 3 is 2.64 bits per heavy atom. The molecule has 1 saturated heterocycles. The van der Waals surface area contributed by atoms with Crippen LogP contribution in [0, 0.1) is 0 Å². The highest BCUT2D eigenvalue weighted by atomic mass is 35.5.